The van der Waals surface area contributed by atoms with E-state index in [1.807, 2.05) is 0 Å². The first-order valence-corrected chi connectivity index (χ1v) is 6.40. The molecule has 1 fully saturated rings. The third-order valence-electron chi connectivity index (χ3n) is 2.80. The van der Waals surface area contributed by atoms with Crippen molar-refractivity contribution in [3.63, 3.8) is 0 Å². The number of rotatable bonds is 3. The number of halogens is 1. The van der Waals surface area contributed by atoms with Crippen LogP contribution in [0.4, 0.5) is 11.6 Å². The number of carbonyl (C=O) groups is 1. The molecule has 1 aromatic rings. The lowest BCUT2D eigenvalue weighted by molar-refractivity contribution is -0.119. The molecule has 1 aliphatic rings. The van der Waals surface area contributed by atoms with Crippen LogP contribution in [0.5, 0.6) is 0 Å². The van der Waals surface area contributed by atoms with E-state index in [0.29, 0.717) is 5.82 Å². The van der Waals surface area contributed by atoms with Crippen LogP contribution in [-0.4, -0.2) is 35.0 Å². The van der Waals surface area contributed by atoms with Gasteiger partial charge in [0.25, 0.3) is 0 Å². The average molecular weight is 315 g/mol. The first kappa shape index (κ1) is 13.0. The Balaban J connectivity index is 2.12. The van der Waals surface area contributed by atoms with Crippen molar-refractivity contribution in [2.75, 3.05) is 23.4 Å². The summed E-state index contributed by atoms with van der Waals surface area (Å²) in [5.74, 6) is 6.69. The molecule has 1 saturated heterocycles. The highest BCUT2D eigenvalue weighted by molar-refractivity contribution is 9.10. The molecule has 1 amide bonds. The smallest absolute Gasteiger partial charge is 0.217 e. The summed E-state index contributed by atoms with van der Waals surface area (Å²) in [5, 5.41) is 2.91. The molecule has 0 saturated carbocycles. The number of nitrogens with one attached hydrogen (secondary N) is 2. The van der Waals surface area contributed by atoms with Gasteiger partial charge in [0.05, 0.1) is 0 Å². The van der Waals surface area contributed by atoms with Gasteiger partial charge in [0.2, 0.25) is 5.91 Å². The molecule has 4 N–H and O–H groups in total. The second-order valence-corrected chi connectivity index (χ2v) is 4.93. The Morgan fingerprint density at radius 3 is 3.06 bits per heavy atom. The maximum atomic E-state index is 11.0. The molecule has 1 aromatic heterocycles. The standard InChI is InChI=1S/C10H15BrN6O/c1-6(18)15-7-2-3-17(4-7)10-8(11)9(16-12)13-5-14-10/h5,7H,2-4,12H2,1H3,(H,15,18)(H,13,14,16). The SMILES string of the molecule is CC(=O)NC1CCN(c2ncnc(NN)c2Br)C1. The van der Waals surface area contributed by atoms with Crippen molar-refractivity contribution < 1.29 is 4.79 Å². The fraction of sp³-hybridized carbons (Fsp3) is 0.500. The normalized spacial score (nSPS) is 18.8. The van der Waals surface area contributed by atoms with Gasteiger partial charge in [-0.05, 0) is 22.4 Å². The summed E-state index contributed by atoms with van der Waals surface area (Å²) in [6.45, 7) is 3.10. The van der Waals surface area contributed by atoms with E-state index in [1.54, 1.807) is 0 Å². The van der Waals surface area contributed by atoms with Crippen molar-refractivity contribution >= 4 is 33.5 Å². The van der Waals surface area contributed by atoms with Crippen LogP contribution in [0.2, 0.25) is 0 Å². The van der Waals surface area contributed by atoms with E-state index in [9.17, 15) is 4.79 Å². The van der Waals surface area contributed by atoms with Gasteiger partial charge in [0.1, 0.15) is 16.6 Å². The van der Waals surface area contributed by atoms with Crippen LogP contribution >= 0.6 is 15.9 Å². The van der Waals surface area contributed by atoms with Crippen molar-refractivity contribution in [1.29, 1.82) is 0 Å². The molecule has 18 heavy (non-hydrogen) atoms. The largest absolute Gasteiger partial charge is 0.353 e. The Labute approximate surface area is 113 Å². The Hall–Kier alpha value is -1.41. The van der Waals surface area contributed by atoms with Crippen LogP contribution in [0.3, 0.4) is 0 Å². The quantitative estimate of drug-likeness (QED) is 0.546. The third kappa shape index (κ3) is 2.70. The van der Waals surface area contributed by atoms with Gasteiger partial charge in [-0.3, -0.25) is 4.79 Å². The zero-order valence-corrected chi connectivity index (χ0v) is 11.6. The van der Waals surface area contributed by atoms with Crippen molar-refractivity contribution in [3.8, 4) is 0 Å². The minimum absolute atomic E-state index is 0.00656. The van der Waals surface area contributed by atoms with E-state index in [4.69, 9.17) is 5.84 Å². The van der Waals surface area contributed by atoms with Crippen LogP contribution in [0, 0.1) is 0 Å². The molecule has 1 aliphatic heterocycles. The van der Waals surface area contributed by atoms with Crippen LogP contribution in [0.1, 0.15) is 13.3 Å². The van der Waals surface area contributed by atoms with E-state index in [1.165, 1.54) is 13.3 Å². The van der Waals surface area contributed by atoms with Gasteiger partial charge in [-0.2, -0.15) is 0 Å². The van der Waals surface area contributed by atoms with Gasteiger partial charge in [-0.15, -0.1) is 0 Å². The predicted octanol–water partition coefficient (Wildman–Crippen LogP) is 0.239. The number of nitrogen functional groups attached to an aromatic ring is 1. The molecule has 2 rings (SSSR count). The molecule has 0 bridgehead atoms. The van der Waals surface area contributed by atoms with Crippen LogP contribution in [0.25, 0.3) is 0 Å². The lowest BCUT2D eigenvalue weighted by Gasteiger charge is -2.19. The molecule has 1 unspecified atom stereocenters. The fourth-order valence-corrected chi connectivity index (χ4v) is 2.61. The average Bonchev–Trinajstić information content (AvgIpc) is 2.76. The summed E-state index contributed by atoms with van der Waals surface area (Å²) >= 11 is 3.43. The topological polar surface area (TPSA) is 96.2 Å². The molecule has 0 aliphatic carbocycles. The highest BCUT2D eigenvalue weighted by atomic mass is 79.9. The molecular weight excluding hydrogens is 300 g/mol. The number of carbonyl (C=O) groups excluding carboxylic acids is 1. The molecule has 2 heterocycles. The van der Waals surface area contributed by atoms with Gasteiger partial charge < -0.3 is 15.6 Å². The number of hydrogen-bond donors (Lipinski definition) is 3. The summed E-state index contributed by atoms with van der Waals surface area (Å²) in [4.78, 5) is 21.4. The number of aromatic nitrogens is 2. The predicted molar refractivity (Wildman–Crippen MR) is 72.0 cm³/mol. The van der Waals surface area contributed by atoms with E-state index in [2.05, 4.69) is 41.5 Å². The zero-order chi connectivity index (χ0) is 13.1. The van der Waals surface area contributed by atoms with Crippen molar-refractivity contribution in [2.24, 2.45) is 5.84 Å². The lowest BCUT2D eigenvalue weighted by atomic mass is 10.3. The molecular formula is C10H15BrN6O. The summed E-state index contributed by atoms with van der Waals surface area (Å²) in [6.07, 6.45) is 2.36. The summed E-state index contributed by atoms with van der Waals surface area (Å²) in [5.41, 5.74) is 2.51. The van der Waals surface area contributed by atoms with Crippen molar-refractivity contribution in [2.45, 2.75) is 19.4 Å². The molecule has 8 heteroatoms. The second kappa shape index (κ2) is 5.49. The van der Waals surface area contributed by atoms with Gasteiger partial charge >= 0.3 is 0 Å². The highest BCUT2D eigenvalue weighted by Crippen LogP contribution is 2.30. The number of nitrogens with two attached hydrogens (primary N) is 1. The van der Waals surface area contributed by atoms with Crippen molar-refractivity contribution in [1.82, 2.24) is 15.3 Å². The maximum Gasteiger partial charge on any atom is 0.217 e. The van der Waals surface area contributed by atoms with E-state index < -0.39 is 0 Å². The molecule has 0 spiro atoms. The monoisotopic (exact) mass is 314 g/mol. The molecule has 7 nitrogen and oxygen atoms in total. The number of anilines is 2. The van der Waals surface area contributed by atoms with Gasteiger partial charge in [-0.25, -0.2) is 15.8 Å². The first-order chi connectivity index (χ1) is 8.61. The van der Waals surface area contributed by atoms with Crippen LogP contribution < -0.4 is 21.5 Å². The number of hydrazine groups is 1. The third-order valence-corrected chi connectivity index (χ3v) is 3.53. The molecule has 0 aromatic carbocycles. The van der Waals surface area contributed by atoms with Gasteiger partial charge in [-0.1, -0.05) is 0 Å². The van der Waals surface area contributed by atoms with E-state index >= 15 is 0 Å². The molecule has 98 valence electrons. The van der Waals surface area contributed by atoms with Crippen molar-refractivity contribution in [3.05, 3.63) is 10.8 Å². The molecule has 0 radical (unpaired) electrons. The summed E-state index contributed by atoms with van der Waals surface area (Å²) in [7, 11) is 0. The Morgan fingerprint density at radius 1 is 1.61 bits per heavy atom. The number of hydrogen-bond acceptors (Lipinski definition) is 6. The van der Waals surface area contributed by atoms with Gasteiger partial charge in [0.15, 0.2) is 5.82 Å². The second-order valence-electron chi connectivity index (χ2n) is 4.14. The molecule has 1 atom stereocenters. The summed E-state index contributed by atoms with van der Waals surface area (Å²) in [6, 6.07) is 0.165. The minimum Gasteiger partial charge on any atom is -0.353 e. The van der Waals surface area contributed by atoms with E-state index in [-0.39, 0.29) is 11.9 Å². The summed E-state index contributed by atoms with van der Waals surface area (Å²) < 4.78 is 0.732. The highest BCUT2D eigenvalue weighted by Gasteiger charge is 2.26. The Kier molecular flexibility index (Phi) is 3.97. The van der Waals surface area contributed by atoms with E-state index in [0.717, 1.165) is 29.8 Å². The number of nitrogens with zero attached hydrogens (tertiary/aromatic N) is 3. The van der Waals surface area contributed by atoms with Crippen LogP contribution in [-0.2, 0) is 4.79 Å². The minimum atomic E-state index is -0.00656. The first-order valence-electron chi connectivity index (χ1n) is 5.61. The Morgan fingerprint density at radius 2 is 2.39 bits per heavy atom. The van der Waals surface area contributed by atoms with Crippen LogP contribution in [0.15, 0.2) is 10.8 Å². The Bertz CT molecular complexity index is 454. The fourth-order valence-electron chi connectivity index (χ4n) is 2.04. The van der Waals surface area contributed by atoms with Gasteiger partial charge in [0, 0.05) is 26.1 Å². The number of amides is 1. The lowest BCUT2D eigenvalue weighted by Crippen LogP contribution is -2.35. The zero-order valence-electron chi connectivity index (χ0n) is 9.98. The maximum absolute atomic E-state index is 11.0.